The lowest BCUT2D eigenvalue weighted by Gasteiger charge is -2.34. The quantitative estimate of drug-likeness (QED) is 0.572. The molecule has 5 heteroatoms. The third-order valence-electron chi connectivity index (χ3n) is 3.38. The van der Waals surface area contributed by atoms with Gasteiger partial charge in [-0.1, -0.05) is 27.7 Å². The molecule has 1 atom stereocenters. The van der Waals surface area contributed by atoms with E-state index in [9.17, 15) is 18.7 Å². The van der Waals surface area contributed by atoms with Crippen LogP contribution in [0.1, 0.15) is 60.3 Å². The molecule has 0 saturated heterocycles. The van der Waals surface area contributed by atoms with E-state index in [-0.39, 0.29) is 12.3 Å². The highest BCUT2D eigenvalue weighted by atomic mass is 32.2. The number of hydrogen-bond donors (Lipinski definition) is 1. The van der Waals surface area contributed by atoms with Gasteiger partial charge >= 0.3 is 5.97 Å². The van der Waals surface area contributed by atoms with Crippen molar-refractivity contribution in [2.24, 2.45) is 11.8 Å². The van der Waals surface area contributed by atoms with E-state index >= 15 is 0 Å². The minimum atomic E-state index is -2.62. The molecule has 0 rings (SSSR count). The smallest absolute Gasteiger partial charge is 0.320 e. The molecule has 0 saturated carbocycles. The predicted octanol–water partition coefficient (Wildman–Crippen LogP) is 5.07. The van der Waals surface area contributed by atoms with Crippen molar-refractivity contribution in [2.45, 2.75) is 71.0 Å². The van der Waals surface area contributed by atoms with E-state index in [1.165, 1.54) is 11.8 Å². The van der Waals surface area contributed by atoms with Crippen LogP contribution in [0.2, 0.25) is 0 Å². The molecule has 0 aromatic carbocycles. The van der Waals surface area contributed by atoms with Gasteiger partial charge in [0.25, 0.3) is 0 Å². The summed E-state index contributed by atoms with van der Waals surface area (Å²) in [6.07, 6.45) is 1.55. The topological polar surface area (TPSA) is 37.3 Å². The van der Waals surface area contributed by atoms with E-state index in [0.29, 0.717) is 30.9 Å². The Morgan fingerprint density at radius 1 is 1.20 bits per heavy atom. The van der Waals surface area contributed by atoms with Crippen LogP contribution in [0.5, 0.6) is 0 Å². The van der Waals surface area contributed by atoms with Gasteiger partial charge in [-0.3, -0.25) is 4.79 Å². The molecule has 0 fully saturated rings. The van der Waals surface area contributed by atoms with Gasteiger partial charge in [0.15, 0.2) is 0 Å². The summed E-state index contributed by atoms with van der Waals surface area (Å²) in [5.74, 6) is -2.48. The molecule has 0 aromatic rings. The fourth-order valence-corrected chi connectivity index (χ4v) is 3.88. The minimum Gasteiger partial charge on any atom is -0.480 e. The summed E-state index contributed by atoms with van der Waals surface area (Å²) in [5, 5.41) is 9.59. The number of carboxylic acid groups (broad SMARTS) is 1. The Balaban J connectivity index is 4.48. The summed E-state index contributed by atoms with van der Waals surface area (Å²) in [7, 11) is 0. The second kappa shape index (κ2) is 8.20. The average Bonchev–Trinajstić information content (AvgIpc) is 2.23. The lowest BCUT2D eigenvalue weighted by atomic mass is 9.86. The van der Waals surface area contributed by atoms with Gasteiger partial charge in [0, 0.05) is 6.42 Å². The first-order valence-electron chi connectivity index (χ1n) is 7.26. The molecular formula is C15H28F2O2S. The second-order valence-corrected chi connectivity index (χ2v) is 7.75. The Hall–Kier alpha value is -0.320. The maximum atomic E-state index is 12.7. The third-order valence-corrected chi connectivity index (χ3v) is 5.20. The first-order chi connectivity index (χ1) is 9.01. The molecule has 0 aliphatic rings. The number of alkyl halides is 2. The molecule has 20 heavy (non-hydrogen) atoms. The van der Waals surface area contributed by atoms with Crippen molar-refractivity contribution in [2.75, 3.05) is 5.75 Å². The molecule has 0 spiro atoms. The normalized spacial score (nSPS) is 15.7. The average molecular weight is 310 g/mol. The minimum absolute atomic E-state index is 0.0139. The van der Waals surface area contributed by atoms with Crippen molar-refractivity contribution in [1.29, 1.82) is 0 Å². The Kier molecular flexibility index (Phi) is 8.07. The Bertz CT molecular complexity index is 301. The van der Waals surface area contributed by atoms with Crippen LogP contribution in [0.3, 0.4) is 0 Å². The summed E-state index contributed by atoms with van der Waals surface area (Å²) in [6.45, 7) is 8.79. The SMILES string of the molecule is CC(C)CC(SCCCCC(C)(F)F)(C(=O)O)C(C)C. The zero-order chi connectivity index (χ0) is 16.0. The van der Waals surface area contributed by atoms with E-state index < -0.39 is 16.6 Å². The molecule has 0 aromatic heterocycles. The van der Waals surface area contributed by atoms with Gasteiger partial charge in [0.1, 0.15) is 4.75 Å². The van der Waals surface area contributed by atoms with Gasteiger partial charge in [-0.05, 0) is 43.8 Å². The molecule has 0 amide bonds. The van der Waals surface area contributed by atoms with Gasteiger partial charge in [0.05, 0.1) is 0 Å². The number of halogens is 2. The van der Waals surface area contributed by atoms with E-state index in [2.05, 4.69) is 0 Å². The monoisotopic (exact) mass is 310 g/mol. The largest absolute Gasteiger partial charge is 0.480 e. The molecule has 0 aliphatic carbocycles. The summed E-state index contributed by atoms with van der Waals surface area (Å²) >= 11 is 1.42. The first kappa shape index (κ1) is 19.7. The van der Waals surface area contributed by atoms with Crippen LogP contribution in [-0.2, 0) is 4.79 Å². The number of rotatable bonds is 10. The van der Waals surface area contributed by atoms with E-state index in [4.69, 9.17) is 0 Å². The van der Waals surface area contributed by atoms with Gasteiger partial charge in [-0.15, -0.1) is 11.8 Å². The number of thioether (sulfide) groups is 1. The predicted molar refractivity (Wildman–Crippen MR) is 81.6 cm³/mol. The Morgan fingerprint density at radius 3 is 2.10 bits per heavy atom. The molecule has 120 valence electrons. The van der Waals surface area contributed by atoms with Crippen LogP contribution in [0, 0.1) is 11.8 Å². The molecule has 1 unspecified atom stereocenters. The van der Waals surface area contributed by atoms with Crippen LogP contribution in [0.15, 0.2) is 0 Å². The van der Waals surface area contributed by atoms with Gasteiger partial charge in [0.2, 0.25) is 5.92 Å². The highest BCUT2D eigenvalue weighted by molar-refractivity contribution is 8.01. The van der Waals surface area contributed by atoms with Crippen LogP contribution >= 0.6 is 11.8 Å². The summed E-state index contributed by atoms with van der Waals surface area (Å²) in [5.41, 5.74) is 0. The van der Waals surface area contributed by atoms with E-state index in [1.54, 1.807) is 0 Å². The van der Waals surface area contributed by atoms with Crippen molar-refractivity contribution in [3.8, 4) is 0 Å². The lowest BCUT2D eigenvalue weighted by Crippen LogP contribution is -2.42. The highest BCUT2D eigenvalue weighted by Gasteiger charge is 2.42. The van der Waals surface area contributed by atoms with E-state index in [0.717, 1.165) is 6.92 Å². The Labute approximate surface area is 125 Å². The van der Waals surface area contributed by atoms with Crippen LogP contribution in [0.25, 0.3) is 0 Å². The van der Waals surface area contributed by atoms with Gasteiger partial charge < -0.3 is 5.11 Å². The van der Waals surface area contributed by atoms with Crippen molar-refractivity contribution in [3.63, 3.8) is 0 Å². The van der Waals surface area contributed by atoms with Crippen molar-refractivity contribution < 1.29 is 18.7 Å². The fraction of sp³-hybridized carbons (Fsp3) is 0.933. The summed E-state index contributed by atoms with van der Waals surface area (Å²) in [6, 6.07) is 0. The van der Waals surface area contributed by atoms with Crippen molar-refractivity contribution >= 4 is 17.7 Å². The van der Waals surface area contributed by atoms with Gasteiger partial charge in [-0.2, -0.15) is 0 Å². The van der Waals surface area contributed by atoms with Crippen LogP contribution < -0.4 is 0 Å². The molecule has 2 nitrogen and oxygen atoms in total. The van der Waals surface area contributed by atoms with Crippen LogP contribution in [-0.4, -0.2) is 27.5 Å². The lowest BCUT2D eigenvalue weighted by molar-refractivity contribution is -0.141. The maximum absolute atomic E-state index is 12.7. The summed E-state index contributed by atoms with van der Waals surface area (Å²) < 4.78 is 24.6. The Morgan fingerprint density at radius 2 is 1.75 bits per heavy atom. The van der Waals surface area contributed by atoms with Crippen molar-refractivity contribution in [3.05, 3.63) is 0 Å². The zero-order valence-electron chi connectivity index (χ0n) is 13.2. The molecule has 0 heterocycles. The number of aliphatic carboxylic acids is 1. The molecule has 0 radical (unpaired) electrons. The van der Waals surface area contributed by atoms with E-state index in [1.807, 2.05) is 27.7 Å². The first-order valence-corrected chi connectivity index (χ1v) is 8.25. The maximum Gasteiger partial charge on any atom is 0.320 e. The molecule has 1 N–H and O–H groups in total. The number of carbonyl (C=O) groups is 1. The molecule has 0 bridgehead atoms. The third kappa shape index (κ3) is 6.91. The van der Waals surface area contributed by atoms with Crippen LogP contribution in [0.4, 0.5) is 8.78 Å². The molecular weight excluding hydrogens is 282 g/mol. The molecule has 0 aliphatic heterocycles. The standard InChI is InChI=1S/C15H28F2O2S/c1-11(2)10-15(12(3)4,13(18)19)20-9-7-6-8-14(5,16)17/h11-12H,6-10H2,1-5H3,(H,18,19). The number of hydrogen-bond acceptors (Lipinski definition) is 2. The number of unbranched alkanes of at least 4 members (excludes halogenated alkanes) is 1. The number of carboxylic acids is 1. The van der Waals surface area contributed by atoms with Gasteiger partial charge in [-0.25, -0.2) is 8.78 Å². The fourth-order valence-electron chi connectivity index (χ4n) is 2.26. The highest BCUT2D eigenvalue weighted by Crippen LogP contribution is 2.40. The van der Waals surface area contributed by atoms with Crippen molar-refractivity contribution in [1.82, 2.24) is 0 Å². The second-order valence-electron chi connectivity index (χ2n) is 6.32. The zero-order valence-corrected chi connectivity index (χ0v) is 14.0. The summed E-state index contributed by atoms with van der Waals surface area (Å²) in [4.78, 5) is 11.7.